The number of amides is 1. The molecule has 1 fully saturated rings. The van der Waals surface area contributed by atoms with Crippen LogP contribution in [0, 0.1) is 0 Å². The third kappa shape index (κ3) is 5.18. The lowest BCUT2D eigenvalue weighted by Crippen LogP contribution is -2.45. The van der Waals surface area contributed by atoms with Crippen molar-refractivity contribution in [2.75, 3.05) is 19.6 Å². The summed E-state index contributed by atoms with van der Waals surface area (Å²) in [5.74, 6) is 0.0424. The second-order valence-corrected chi connectivity index (χ2v) is 9.00. The van der Waals surface area contributed by atoms with Gasteiger partial charge in [0.05, 0.1) is 5.56 Å². The summed E-state index contributed by atoms with van der Waals surface area (Å²) in [6.07, 6.45) is 5.10. The van der Waals surface area contributed by atoms with E-state index in [9.17, 15) is 4.79 Å². The van der Waals surface area contributed by atoms with Crippen molar-refractivity contribution in [3.05, 3.63) is 108 Å². The Bertz CT molecular complexity index is 1190. The van der Waals surface area contributed by atoms with Crippen molar-refractivity contribution in [2.24, 2.45) is 0 Å². The number of hydrogen-bond donors (Lipinski definition) is 1. The van der Waals surface area contributed by atoms with Crippen LogP contribution in [0.3, 0.4) is 0 Å². The van der Waals surface area contributed by atoms with E-state index in [2.05, 4.69) is 81.5 Å². The molecule has 1 amide bonds. The molecule has 1 aromatic heterocycles. The summed E-state index contributed by atoms with van der Waals surface area (Å²) in [6.45, 7) is 3.91. The lowest BCUT2D eigenvalue weighted by atomic mass is 10.0. The van der Waals surface area contributed by atoms with Gasteiger partial charge in [0.25, 0.3) is 5.91 Å². The van der Waals surface area contributed by atoms with Gasteiger partial charge in [-0.15, -0.1) is 0 Å². The maximum absolute atomic E-state index is 13.2. The molecule has 1 aliphatic rings. The summed E-state index contributed by atoms with van der Waals surface area (Å²) in [5, 5.41) is 4.34. The van der Waals surface area contributed by atoms with Crippen molar-refractivity contribution in [3.8, 4) is 0 Å². The number of likely N-dealkylation sites (tertiary alicyclic amines) is 1. The van der Waals surface area contributed by atoms with Crippen LogP contribution in [0.2, 0.25) is 0 Å². The van der Waals surface area contributed by atoms with Gasteiger partial charge in [-0.3, -0.25) is 4.79 Å². The first-order valence-corrected chi connectivity index (χ1v) is 12.0. The van der Waals surface area contributed by atoms with Crippen LogP contribution in [-0.2, 0) is 13.0 Å². The second-order valence-electron chi connectivity index (χ2n) is 9.00. The van der Waals surface area contributed by atoms with Crippen LogP contribution in [0.5, 0.6) is 0 Å². The van der Waals surface area contributed by atoms with Gasteiger partial charge in [-0.1, -0.05) is 78.9 Å². The van der Waals surface area contributed by atoms with Gasteiger partial charge in [0.2, 0.25) is 0 Å². The third-order valence-corrected chi connectivity index (χ3v) is 6.71. The van der Waals surface area contributed by atoms with E-state index < -0.39 is 0 Å². The Balaban J connectivity index is 1.21. The second kappa shape index (κ2) is 10.1. The lowest BCUT2D eigenvalue weighted by Gasteiger charge is -2.32. The number of aromatic nitrogens is 1. The fraction of sp³-hybridized carbons (Fsp3) is 0.276. The number of fused-ring (bicyclic) bond motifs is 1. The first kappa shape index (κ1) is 21.5. The summed E-state index contributed by atoms with van der Waals surface area (Å²) in [6, 6.07) is 29.5. The molecular formula is C29H31N3O. The molecule has 0 unspecified atom stereocenters. The topological polar surface area (TPSA) is 37.3 Å². The van der Waals surface area contributed by atoms with Crippen LogP contribution in [0.15, 0.2) is 91.1 Å². The van der Waals surface area contributed by atoms with E-state index in [4.69, 9.17) is 0 Å². The highest BCUT2D eigenvalue weighted by atomic mass is 16.1. The summed E-state index contributed by atoms with van der Waals surface area (Å²) < 4.78 is 2.19. The molecule has 1 N–H and O–H groups in total. The fourth-order valence-electron chi connectivity index (χ4n) is 4.83. The highest BCUT2D eigenvalue weighted by molar-refractivity contribution is 6.07. The molecule has 0 saturated carbocycles. The molecule has 0 spiro atoms. The van der Waals surface area contributed by atoms with E-state index in [1.54, 1.807) is 0 Å². The molecule has 33 heavy (non-hydrogen) atoms. The Labute approximate surface area is 195 Å². The SMILES string of the molecule is O=C(NC1CCN(CCc2ccccc2)CC1)c1cn(Cc2ccccc2)c2ccccc12. The first-order chi connectivity index (χ1) is 16.3. The molecule has 1 saturated heterocycles. The minimum atomic E-state index is 0.0424. The number of para-hydroxylation sites is 1. The van der Waals surface area contributed by atoms with Gasteiger partial charge in [-0.25, -0.2) is 0 Å². The fourth-order valence-corrected chi connectivity index (χ4v) is 4.83. The van der Waals surface area contributed by atoms with E-state index in [0.717, 1.165) is 61.9 Å². The monoisotopic (exact) mass is 437 g/mol. The average Bonchev–Trinajstić information content (AvgIpc) is 3.23. The number of carbonyl (C=O) groups is 1. The smallest absolute Gasteiger partial charge is 0.253 e. The number of piperidine rings is 1. The Hall–Kier alpha value is -3.37. The number of rotatable bonds is 7. The van der Waals surface area contributed by atoms with Gasteiger partial charge in [-0.05, 0) is 36.5 Å². The Morgan fingerprint density at radius 3 is 2.18 bits per heavy atom. The zero-order chi connectivity index (χ0) is 22.5. The number of nitrogens with zero attached hydrogens (tertiary/aromatic N) is 2. The Morgan fingerprint density at radius 1 is 0.818 bits per heavy atom. The number of benzene rings is 3. The van der Waals surface area contributed by atoms with Gasteiger partial charge < -0.3 is 14.8 Å². The molecule has 0 radical (unpaired) electrons. The predicted molar refractivity (Wildman–Crippen MR) is 135 cm³/mol. The van der Waals surface area contributed by atoms with Gasteiger partial charge in [0, 0.05) is 49.3 Å². The van der Waals surface area contributed by atoms with E-state index >= 15 is 0 Å². The lowest BCUT2D eigenvalue weighted by molar-refractivity contribution is 0.0913. The van der Waals surface area contributed by atoms with Crippen LogP contribution in [0.1, 0.15) is 34.3 Å². The van der Waals surface area contributed by atoms with Crippen LogP contribution in [0.4, 0.5) is 0 Å². The summed E-state index contributed by atoms with van der Waals surface area (Å²) >= 11 is 0. The van der Waals surface area contributed by atoms with E-state index in [-0.39, 0.29) is 11.9 Å². The maximum Gasteiger partial charge on any atom is 0.253 e. The van der Waals surface area contributed by atoms with E-state index in [0.29, 0.717) is 0 Å². The normalized spacial score (nSPS) is 15.0. The highest BCUT2D eigenvalue weighted by Crippen LogP contribution is 2.23. The standard InChI is InChI=1S/C29H31N3O/c33-29(30-25-16-19-31(20-17-25)18-15-23-9-3-1-4-10-23)27-22-32(21-24-11-5-2-6-12-24)28-14-8-7-13-26(27)28/h1-14,22,25H,15-21H2,(H,30,33). The van der Waals surface area contributed by atoms with E-state index in [1.807, 2.05) is 24.4 Å². The molecule has 3 aromatic carbocycles. The minimum absolute atomic E-state index is 0.0424. The quantitative estimate of drug-likeness (QED) is 0.435. The number of nitrogens with one attached hydrogen (secondary N) is 1. The van der Waals surface area contributed by atoms with Crippen molar-refractivity contribution >= 4 is 16.8 Å². The molecule has 2 heterocycles. The first-order valence-electron chi connectivity index (χ1n) is 12.0. The van der Waals surface area contributed by atoms with Crippen molar-refractivity contribution in [1.82, 2.24) is 14.8 Å². The zero-order valence-electron chi connectivity index (χ0n) is 19.0. The molecular weight excluding hydrogens is 406 g/mol. The molecule has 0 atom stereocenters. The van der Waals surface area contributed by atoms with Gasteiger partial charge in [-0.2, -0.15) is 0 Å². The Morgan fingerprint density at radius 2 is 1.45 bits per heavy atom. The summed E-state index contributed by atoms with van der Waals surface area (Å²) in [7, 11) is 0. The molecule has 5 rings (SSSR count). The van der Waals surface area contributed by atoms with Gasteiger partial charge in [0.15, 0.2) is 0 Å². The van der Waals surface area contributed by atoms with Gasteiger partial charge in [0.1, 0.15) is 0 Å². The average molecular weight is 438 g/mol. The van der Waals surface area contributed by atoms with Crippen LogP contribution < -0.4 is 5.32 Å². The van der Waals surface area contributed by atoms with Crippen molar-refractivity contribution in [2.45, 2.75) is 31.8 Å². The largest absolute Gasteiger partial charge is 0.349 e. The molecule has 0 bridgehead atoms. The molecule has 0 aliphatic carbocycles. The summed E-state index contributed by atoms with van der Waals surface area (Å²) in [4.78, 5) is 15.8. The van der Waals surface area contributed by atoms with Crippen molar-refractivity contribution in [1.29, 1.82) is 0 Å². The minimum Gasteiger partial charge on any atom is -0.349 e. The number of carbonyl (C=O) groups excluding carboxylic acids is 1. The third-order valence-electron chi connectivity index (χ3n) is 6.71. The molecule has 1 aliphatic heterocycles. The zero-order valence-corrected chi connectivity index (χ0v) is 19.0. The van der Waals surface area contributed by atoms with Crippen LogP contribution in [0.25, 0.3) is 10.9 Å². The maximum atomic E-state index is 13.2. The molecule has 4 aromatic rings. The molecule has 4 nitrogen and oxygen atoms in total. The number of hydrogen-bond acceptors (Lipinski definition) is 2. The van der Waals surface area contributed by atoms with Gasteiger partial charge >= 0.3 is 0 Å². The summed E-state index contributed by atoms with van der Waals surface area (Å²) in [5.41, 5.74) is 4.49. The molecule has 4 heteroatoms. The van der Waals surface area contributed by atoms with Crippen LogP contribution >= 0.6 is 0 Å². The molecule has 168 valence electrons. The van der Waals surface area contributed by atoms with Crippen LogP contribution in [-0.4, -0.2) is 41.1 Å². The highest BCUT2D eigenvalue weighted by Gasteiger charge is 2.23. The Kier molecular flexibility index (Phi) is 6.54. The predicted octanol–water partition coefficient (Wildman–Crippen LogP) is 5.13. The van der Waals surface area contributed by atoms with Crippen molar-refractivity contribution in [3.63, 3.8) is 0 Å². The van der Waals surface area contributed by atoms with Crippen molar-refractivity contribution < 1.29 is 4.79 Å². The van der Waals surface area contributed by atoms with E-state index in [1.165, 1.54) is 11.1 Å².